The Morgan fingerprint density at radius 3 is 2.20 bits per heavy atom. The predicted octanol–water partition coefficient (Wildman–Crippen LogP) is 5.41. The molecule has 0 fully saturated rings. The zero-order valence-electron chi connectivity index (χ0n) is 26.4. The molecule has 0 aliphatic carbocycles. The Hall–Kier alpha value is -5.06. The molecule has 4 amide bonds. The van der Waals surface area contributed by atoms with Crippen molar-refractivity contribution >= 4 is 35.2 Å². The van der Waals surface area contributed by atoms with Gasteiger partial charge in [-0.2, -0.15) is 0 Å². The van der Waals surface area contributed by atoms with E-state index in [0.717, 1.165) is 5.56 Å². The van der Waals surface area contributed by atoms with Crippen LogP contribution in [-0.2, 0) is 20.8 Å². The van der Waals surface area contributed by atoms with Gasteiger partial charge in [0.25, 0.3) is 0 Å². The second-order valence-electron chi connectivity index (χ2n) is 11.1. The number of carbonyl (C=O) groups is 4. The minimum atomic E-state index is -1.09. The summed E-state index contributed by atoms with van der Waals surface area (Å²) in [5.41, 5.74) is 3.46. The lowest BCUT2D eigenvalue weighted by Crippen LogP contribution is -2.43. The number of carboxylic acids is 1. The van der Waals surface area contributed by atoms with Crippen molar-refractivity contribution in [3.05, 3.63) is 83.4 Å². The summed E-state index contributed by atoms with van der Waals surface area (Å²) < 4.78 is 10.6. The fourth-order valence-corrected chi connectivity index (χ4v) is 4.61. The van der Waals surface area contributed by atoms with E-state index in [-0.39, 0.29) is 31.3 Å². The smallest absolute Gasteiger partial charge is 0.323 e. The van der Waals surface area contributed by atoms with Crippen LogP contribution in [0.15, 0.2) is 66.7 Å². The molecule has 11 nitrogen and oxygen atoms in total. The zero-order chi connectivity index (χ0) is 32.9. The molecule has 0 saturated carbocycles. The first kappa shape index (κ1) is 34.4. The van der Waals surface area contributed by atoms with Crippen LogP contribution in [0.5, 0.6) is 11.5 Å². The first-order valence-corrected chi connectivity index (χ1v) is 14.7. The maximum absolute atomic E-state index is 13.4. The maximum atomic E-state index is 13.4. The number of carboxylic acid groups (broad SMARTS) is 1. The number of hydrogen-bond acceptors (Lipinski definition) is 6. The molecule has 0 radical (unpaired) electrons. The highest BCUT2D eigenvalue weighted by atomic mass is 16.5. The van der Waals surface area contributed by atoms with E-state index in [1.54, 1.807) is 42.5 Å². The molecule has 240 valence electrons. The highest BCUT2D eigenvalue weighted by Crippen LogP contribution is 2.31. The van der Waals surface area contributed by atoms with Crippen LogP contribution in [0, 0.1) is 12.8 Å². The molecule has 11 heteroatoms. The molecule has 45 heavy (non-hydrogen) atoms. The molecule has 0 bridgehead atoms. The molecule has 3 aromatic carbocycles. The van der Waals surface area contributed by atoms with Crippen LogP contribution >= 0.6 is 0 Å². The standard InChI is InChI=1S/C34H42N4O7/c1-22(2)16-17-38(21-31(39)36-28(20-33(41)42)25-12-15-29(44-4)30(19-25)45-5)32(40)18-24-10-13-26(14-11-24)35-34(43)37-27-9-7-6-8-23(27)3/h6-15,19,22,28H,16-18,20-21H2,1-5H3,(H,36,39)(H,41,42)(H2,35,37,43)/t28-/m0/s1. The number of para-hydroxylation sites is 1. The molecule has 1 atom stereocenters. The monoisotopic (exact) mass is 618 g/mol. The lowest BCUT2D eigenvalue weighted by Gasteiger charge is -2.25. The van der Waals surface area contributed by atoms with Crippen molar-refractivity contribution in [2.24, 2.45) is 5.92 Å². The summed E-state index contributed by atoms with van der Waals surface area (Å²) in [4.78, 5) is 52.1. The predicted molar refractivity (Wildman–Crippen MR) is 173 cm³/mol. The maximum Gasteiger partial charge on any atom is 0.323 e. The Labute approximate surface area is 263 Å². The van der Waals surface area contributed by atoms with Gasteiger partial charge in [0.2, 0.25) is 11.8 Å². The van der Waals surface area contributed by atoms with Crippen molar-refractivity contribution in [1.82, 2.24) is 10.2 Å². The molecular formula is C34H42N4O7. The van der Waals surface area contributed by atoms with Gasteiger partial charge in [-0.3, -0.25) is 14.4 Å². The van der Waals surface area contributed by atoms with Gasteiger partial charge in [-0.1, -0.05) is 50.2 Å². The number of methoxy groups -OCH3 is 2. The van der Waals surface area contributed by atoms with E-state index >= 15 is 0 Å². The van der Waals surface area contributed by atoms with E-state index in [4.69, 9.17) is 9.47 Å². The van der Waals surface area contributed by atoms with E-state index in [2.05, 4.69) is 16.0 Å². The SMILES string of the molecule is COc1ccc([C@H](CC(=O)O)NC(=O)CN(CCC(C)C)C(=O)Cc2ccc(NC(=O)Nc3ccccc3C)cc2)cc1OC. The largest absolute Gasteiger partial charge is 0.493 e. The summed E-state index contributed by atoms with van der Waals surface area (Å²) in [6, 6.07) is 18.1. The minimum Gasteiger partial charge on any atom is -0.493 e. The van der Waals surface area contributed by atoms with Crippen molar-refractivity contribution in [2.45, 2.75) is 46.1 Å². The van der Waals surface area contributed by atoms with Gasteiger partial charge < -0.3 is 35.4 Å². The third-order valence-corrected chi connectivity index (χ3v) is 7.15. The van der Waals surface area contributed by atoms with Gasteiger partial charge in [0.05, 0.1) is 39.6 Å². The molecule has 0 unspecified atom stereocenters. The molecule has 0 aliphatic rings. The molecule has 4 N–H and O–H groups in total. The lowest BCUT2D eigenvalue weighted by molar-refractivity contribution is -0.139. The molecule has 3 rings (SSSR count). The van der Waals surface area contributed by atoms with Gasteiger partial charge >= 0.3 is 12.0 Å². The van der Waals surface area contributed by atoms with Gasteiger partial charge in [-0.15, -0.1) is 0 Å². The van der Waals surface area contributed by atoms with Gasteiger partial charge in [0, 0.05) is 17.9 Å². The molecule has 0 saturated heterocycles. The van der Waals surface area contributed by atoms with Crippen LogP contribution in [0.1, 0.15) is 49.4 Å². The second-order valence-corrected chi connectivity index (χ2v) is 11.1. The molecule has 0 aliphatic heterocycles. The second kappa shape index (κ2) is 16.7. The Bertz CT molecular complexity index is 1470. The molecule has 0 heterocycles. The first-order chi connectivity index (χ1) is 21.5. The fraction of sp³-hybridized carbons (Fsp3) is 0.353. The fourth-order valence-electron chi connectivity index (χ4n) is 4.61. The van der Waals surface area contributed by atoms with Crippen molar-refractivity contribution in [2.75, 3.05) is 37.9 Å². The van der Waals surface area contributed by atoms with E-state index in [1.165, 1.54) is 19.1 Å². The average molecular weight is 619 g/mol. The van der Waals surface area contributed by atoms with Crippen LogP contribution in [0.4, 0.5) is 16.2 Å². The summed E-state index contributed by atoms with van der Waals surface area (Å²) in [6.45, 7) is 6.10. The van der Waals surface area contributed by atoms with Crippen LogP contribution in [0.3, 0.4) is 0 Å². The molecule has 0 aromatic heterocycles. The number of hydrogen-bond donors (Lipinski definition) is 4. The molecule has 0 spiro atoms. The number of aliphatic carboxylic acids is 1. The normalized spacial score (nSPS) is 11.3. The third kappa shape index (κ3) is 10.9. The number of nitrogens with zero attached hydrogens (tertiary/aromatic N) is 1. The van der Waals surface area contributed by atoms with Crippen LogP contribution in [-0.4, -0.2) is 61.1 Å². The summed E-state index contributed by atoms with van der Waals surface area (Å²) in [5.74, 6) is -0.639. The Balaban J connectivity index is 1.66. The zero-order valence-corrected chi connectivity index (χ0v) is 26.4. The van der Waals surface area contributed by atoms with Crippen LogP contribution in [0.25, 0.3) is 0 Å². The summed E-state index contributed by atoms with van der Waals surface area (Å²) in [5, 5.41) is 17.9. The number of amides is 4. The number of benzene rings is 3. The molecule has 3 aromatic rings. The molecular weight excluding hydrogens is 576 g/mol. The first-order valence-electron chi connectivity index (χ1n) is 14.7. The van der Waals surface area contributed by atoms with E-state index < -0.39 is 17.9 Å². The summed E-state index contributed by atoms with van der Waals surface area (Å²) >= 11 is 0. The number of aryl methyl sites for hydroxylation is 1. The Morgan fingerprint density at radius 1 is 0.889 bits per heavy atom. The Kier molecular flexibility index (Phi) is 12.8. The highest BCUT2D eigenvalue weighted by molar-refractivity contribution is 6.00. The Morgan fingerprint density at radius 2 is 1.58 bits per heavy atom. The highest BCUT2D eigenvalue weighted by Gasteiger charge is 2.23. The van der Waals surface area contributed by atoms with Gasteiger partial charge in [0.15, 0.2) is 11.5 Å². The third-order valence-electron chi connectivity index (χ3n) is 7.15. The summed E-state index contributed by atoms with van der Waals surface area (Å²) in [6.07, 6.45) is 0.381. The van der Waals surface area contributed by atoms with E-state index in [1.807, 2.05) is 45.0 Å². The quantitative estimate of drug-likeness (QED) is 0.178. The van der Waals surface area contributed by atoms with E-state index in [0.29, 0.717) is 52.9 Å². The van der Waals surface area contributed by atoms with Gasteiger partial charge in [0.1, 0.15) is 0 Å². The number of nitrogens with one attached hydrogen (secondary N) is 3. The lowest BCUT2D eigenvalue weighted by atomic mass is 10.0. The van der Waals surface area contributed by atoms with Crippen molar-refractivity contribution in [1.29, 1.82) is 0 Å². The van der Waals surface area contributed by atoms with Crippen LogP contribution in [0.2, 0.25) is 0 Å². The number of rotatable bonds is 15. The van der Waals surface area contributed by atoms with E-state index in [9.17, 15) is 24.3 Å². The number of carbonyl (C=O) groups excluding carboxylic acids is 3. The number of anilines is 2. The van der Waals surface area contributed by atoms with Crippen molar-refractivity contribution in [3.63, 3.8) is 0 Å². The van der Waals surface area contributed by atoms with Gasteiger partial charge in [-0.05, 0) is 66.3 Å². The van der Waals surface area contributed by atoms with Crippen molar-refractivity contribution < 1.29 is 33.8 Å². The number of ether oxygens (including phenoxy) is 2. The average Bonchev–Trinajstić information content (AvgIpc) is 3.00. The van der Waals surface area contributed by atoms with Crippen LogP contribution < -0.4 is 25.4 Å². The summed E-state index contributed by atoms with van der Waals surface area (Å²) in [7, 11) is 2.96. The number of urea groups is 1. The minimum absolute atomic E-state index is 0.0509. The van der Waals surface area contributed by atoms with Crippen molar-refractivity contribution in [3.8, 4) is 11.5 Å². The van der Waals surface area contributed by atoms with Gasteiger partial charge in [-0.25, -0.2) is 4.79 Å². The topological polar surface area (TPSA) is 146 Å².